The zero-order valence-electron chi connectivity index (χ0n) is 13.7. The van der Waals surface area contributed by atoms with Crippen LogP contribution in [0.5, 0.6) is 0 Å². The predicted molar refractivity (Wildman–Crippen MR) is 86.7 cm³/mol. The van der Waals surface area contributed by atoms with Crippen LogP contribution in [0.2, 0.25) is 0 Å². The first-order chi connectivity index (χ1) is 10.00. The van der Waals surface area contributed by atoms with E-state index in [4.69, 9.17) is 0 Å². The lowest BCUT2D eigenvalue weighted by atomic mass is 9.85. The van der Waals surface area contributed by atoms with Crippen LogP contribution in [-0.2, 0) is 13.1 Å². The summed E-state index contributed by atoms with van der Waals surface area (Å²) in [4.78, 5) is 2.41. The fourth-order valence-electron chi connectivity index (χ4n) is 3.01. The average molecular weight is 292 g/mol. The van der Waals surface area contributed by atoms with Gasteiger partial charge in [-0.2, -0.15) is 0 Å². The highest BCUT2D eigenvalue weighted by Gasteiger charge is 2.23. The molecule has 2 nitrogen and oxygen atoms in total. The molecule has 118 valence electrons. The van der Waals surface area contributed by atoms with E-state index in [0.29, 0.717) is 5.41 Å². The highest BCUT2D eigenvalue weighted by atomic mass is 19.1. The lowest BCUT2D eigenvalue weighted by Gasteiger charge is -2.23. The maximum absolute atomic E-state index is 14.1. The fraction of sp³-hybridized carbons (Fsp3) is 0.667. The molecule has 0 bridgehead atoms. The molecule has 1 heterocycles. The Labute approximate surface area is 128 Å². The van der Waals surface area contributed by atoms with Gasteiger partial charge in [0.25, 0.3) is 0 Å². The minimum atomic E-state index is -0.0706. The van der Waals surface area contributed by atoms with Gasteiger partial charge < -0.3 is 5.32 Å². The van der Waals surface area contributed by atoms with Crippen LogP contribution in [0.15, 0.2) is 18.2 Å². The first-order valence-corrected chi connectivity index (χ1v) is 8.20. The molecule has 1 aromatic rings. The summed E-state index contributed by atoms with van der Waals surface area (Å²) >= 11 is 0. The van der Waals surface area contributed by atoms with Crippen molar-refractivity contribution in [3.05, 3.63) is 35.1 Å². The quantitative estimate of drug-likeness (QED) is 0.884. The molecule has 1 aliphatic heterocycles. The summed E-state index contributed by atoms with van der Waals surface area (Å²) in [5, 5.41) is 3.30. The third-order valence-electron chi connectivity index (χ3n) is 4.52. The molecule has 0 amide bonds. The van der Waals surface area contributed by atoms with Gasteiger partial charge in [0.15, 0.2) is 0 Å². The van der Waals surface area contributed by atoms with E-state index >= 15 is 0 Å². The Morgan fingerprint density at radius 1 is 1.24 bits per heavy atom. The second-order valence-corrected chi connectivity index (χ2v) is 7.00. The Balaban J connectivity index is 2.01. The van der Waals surface area contributed by atoms with Crippen molar-refractivity contribution in [2.24, 2.45) is 5.41 Å². The molecular weight excluding hydrogens is 263 g/mol. The van der Waals surface area contributed by atoms with Crippen LogP contribution in [-0.4, -0.2) is 24.5 Å². The van der Waals surface area contributed by atoms with Crippen LogP contribution in [0.3, 0.4) is 0 Å². The van der Waals surface area contributed by atoms with Crippen LogP contribution in [0.1, 0.15) is 51.2 Å². The number of rotatable bonds is 5. The van der Waals surface area contributed by atoms with E-state index in [1.165, 1.54) is 24.8 Å². The van der Waals surface area contributed by atoms with Crippen molar-refractivity contribution in [1.82, 2.24) is 10.2 Å². The Morgan fingerprint density at radius 3 is 2.81 bits per heavy atom. The third kappa shape index (κ3) is 5.08. The largest absolute Gasteiger partial charge is 0.313 e. The maximum Gasteiger partial charge on any atom is 0.127 e. The molecule has 1 aromatic carbocycles. The highest BCUT2D eigenvalue weighted by Crippen LogP contribution is 2.30. The number of likely N-dealkylation sites (tertiary alicyclic amines) is 1. The van der Waals surface area contributed by atoms with Gasteiger partial charge in [-0.05, 0) is 55.9 Å². The molecular formula is C18H29FN2. The zero-order valence-corrected chi connectivity index (χ0v) is 13.7. The fourth-order valence-corrected chi connectivity index (χ4v) is 3.01. The molecule has 0 aromatic heterocycles. The SMILES string of the molecule is CCNCc1ccc(F)c(CN2CCCC(C)(C)CC2)c1. The van der Waals surface area contributed by atoms with Crippen molar-refractivity contribution in [3.8, 4) is 0 Å². The normalized spacial score (nSPS) is 19.4. The van der Waals surface area contributed by atoms with Crippen LogP contribution in [0.4, 0.5) is 4.39 Å². The van der Waals surface area contributed by atoms with Gasteiger partial charge in [0.2, 0.25) is 0 Å². The molecule has 0 radical (unpaired) electrons. The van der Waals surface area contributed by atoms with E-state index in [1.807, 2.05) is 12.1 Å². The Hall–Kier alpha value is -0.930. The third-order valence-corrected chi connectivity index (χ3v) is 4.52. The van der Waals surface area contributed by atoms with Gasteiger partial charge in [-0.3, -0.25) is 4.90 Å². The summed E-state index contributed by atoms with van der Waals surface area (Å²) in [6.45, 7) is 11.4. The topological polar surface area (TPSA) is 15.3 Å². The number of nitrogens with one attached hydrogen (secondary N) is 1. The van der Waals surface area contributed by atoms with Crippen LogP contribution < -0.4 is 5.32 Å². The number of nitrogens with zero attached hydrogens (tertiary/aromatic N) is 1. The van der Waals surface area contributed by atoms with E-state index in [9.17, 15) is 4.39 Å². The Bertz CT molecular complexity index is 457. The molecule has 21 heavy (non-hydrogen) atoms. The maximum atomic E-state index is 14.1. The molecule has 0 unspecified atom stereocenters. The smallest absolute Gasteiger partial charge is 0.127 e. The molecule has 0 spiro atoms. The standard InChI is InChI=1S/C18H29FN2/c1-4-20-13-15-6-7-17(19)16(12-15)14-21-10-5-8-18(2,3)9-11-21/h6-7,12,20H,4-5,8-11,13-14H2,1-3H3. The molecule has 0 atom stereocenters. The van der Waals surface area contributed by atoms with Gasteiger partial charge in [0.05, 0.1) is 0 Å². The molecule has 1 fully saturated rings. The summed E-state index contributed by atoms with van der Waals surface area (Å²) in [7, 11) is 0. The minimum Gasteiger partial charge on any atom is -0.313 e. The predicted octanol–water partition coefficient (Wildman–Crippen LogP) is 3.95. The lowest BCUT2D eigenvalue weighted by molar-refractivity contribution is 0.253. The molecule has 0 saturated carbocycles. The summed E-state index contributed by atoms with van der Waals surface area (Å²) in [5.74, 6) is -0.0706. The van der Waals surface area contributed by atoms with Crippen molar-refractivity contribution in [1.29, 1.82) is 0 Å². The highest BCUT2D eigenvalue weighted by molar-refractivity contribution is 5.25. The van der Waals surface area contributed by atoms with Crippen molar-refractivity contribution in [3.63, 3.8) is 0 Å². The molecule has 3 heteroatoms. The van der Waals surface area contributed by atoms with Crippen LogP contribution in [0, 0.1) is 11.2 Å². The van der Waals surface area contributed by atoms with Crippen molar-refractivity contribution in [2.75, 3.05) is 19.6 Å². The summed E-state index contributed by atoms with van der Waals surface area (Å²) < 4.78 is 14.1. The number of benzene rings is 1. The molecule has 1 N–H and O–H groups in total. The summed E-state index contributed by atoms with van der Waals surface area (Å²) in [5.41, 5.74) is 2.44. The van der Waals surface area contributed by atoms with Gasteiger partial charge in [-0.1, -0.05) is 32.9 Å². The number of halogens is 1. The zero-order chi connectivity index (χ0) is 15.3. The average Bonchev–Trinajstić information content (AvgIpc) is 2.61. The second-order valence-electron chi connectivity index (χ2n) is 7.00. The van der Waals surface area contributed by atoms with Gasteiger partial charge in [-0.25, -0.2) is 4.39 Å². The van der Waals surface area contributed by atoms with E-state index in [1.54, 1.807) is 6.07 Å². The number of hydrogen-bond acceptors (Lipinski definition) is 2. The first-order valence-electron chi connectivity index (χ1n) is 8.20. The van der Waals surface area contributed by atoms with Crippen molar-refractivity contribution >= 4 is 0 Å². The Kier molecular flexibility index (Phi) is 5.77. The monoisotopic (exact) mass is 292 g/mol. The van der Waals surface area contributed by atoms with Gasteiger partial charge in [-0.15, -0.1) is 0 Å². The van der Waals surface area contributed by atoms with E-state index < -0.39 is 0 Å². The number of hydrogen-bond donors (Lipinski definition) is 1. The molecule has 1 aliphatic rings. The molecule has 1 saturated heterocycles. The van der Waals surface area contributed by atoms with E-state index in [2.05, 4.69) is 31.0 Å². The minimum absolute atomic E-state index is 0.0706. The van der Waals surface area contributed by atoms with E-state index in [-0.39, 0.29) is 5.82 Å². The summed E-state index contributed by atoms with van der Waals surface area (Å²) in [6, 6.07) is 5.52. The van der Waals surface area contributed by atoms with Gasteiger partial charge in [0.1, 0.15) is 5.82 Å². The van der Waals surface area contributed by atoms with Gasteiger partial charge >= 0.3 is 0 Å². The van der Waals surface area contributed by atoms with Crippen molar-refractivity contribution < 1.29 is 4.39 Å². The van der Waals surface area contributed by atoms with Crippen LogP contribution >= 0.6 is 0 Å². The van der Waals surface area contributed by atoms with Crippen LogP contribution in [0.25, 0.3) is 0 Å². The van der Waals surface area contributed by atoms with Gasteiger partial charge in [0, 0.05) is 18.7 Å². The summed E-state index contributed by atoms with van der Waals surface area (Å²) in [6.07, 6.45) is 3.68. The lowest BCUT2D eigenvalue weighted by Crippen LogP contribution is -2.25. The Morgan fingerprint density at radius 2 is 2.05 bits per heavy atom. The first kappa shape index (κ1) is 16.4. The van der Waals surface area contributed by atoms with E-state index in [0.717, 1.165) is 38.3 Å². The molecule has 0 aliphatic carbocycles. The second kappa shape index (κ2) is 7.37. The molecule has 2 rings (SSSR count). The van der Waals surface area contributed by atoms with Crippen molar-refractivity contribution in [2.45, 2.75) is 53.1 Å².